The molecule has 1 unspecified atom stereocenters. The molecule has 0 amide bonds. The van der Waals surface area contributed by atoms with Crippen molar-refractivity contribution in [2.45, 2.75) is 6.04 Å². The lowest BCUT2D eigenvalue weighted by atomic mass is 9.90. The van der Waals surface area contributed by atoms with Crippen LogP contribution in [-0.4, -0.2) is 42.1 Å². The van der Waals surface area contributed by atoms with Crippen LogP contribution in [-0.2, 0) is 0 Å². The minimum Gasteiger partial charge on any atom is -0.290 e. The van der Waals surface area contributed by atoms with E-state index in [0.717, 1.165) is 26.2 Å². The molecule has 1 aliphatic heterocycles. The van der Waals surface area contributed by atoms with Crippen molar-refractivity contribution in [1.29, 1.82) is 0 Å². The number of hydrogen-bond acceptors (Lipinski definition) is 3. The van der Waals surface area contributed by atoms with Crippen LogP contribution >= 0.6 is 0 Å². The van der Waals surface area contributed by atoms with Crippen LogP contribution in [0.1, 0.15) is 0 Å². The second-order valence-corrected chi connectivity index (χ2v) is 6.05. The topological polar surface area (TPSA) is 32.5 Å². The summed E-state index contributed by atoms with van der Waals surface area (Å²) < 4.78 is 0. The van der Waals surface area contributed by atoms with Crippen molar-refractivity contribution in [2.24, 2.45) is 5.84 Å². The normalized spacial score (nSPS) is 25.0. The van der Waals surface area contributed by atoms with Gasteiger partial charge in [-0.05, 0) is 21.6 Å². The van der Waals surface area contributed by atoms with Crippen molar-refractivity contribution >= 4 is 11.6 Å². The Morgan fingerprint density at radius 2 is 1.77 bits per heavy atom. The number of piperazine rings is 1. The zero-order valence-corrected chi connectivity index (χ0v) is 12.7. The molecule has 112 valence electrons. The van der Waals surface area contributed by atoms with Gasteiger partial charge in [-0.25, -0.2) is 5.01 Å². The lowest BCUT2D eigenvalue weighted by Gasteiger charge is -2.38. The number of fused-ring (bicyclic) bond motifs is 2. The molecule has 3 heteroatoms. The maximum Gasteiger partial charge on any atom is 0.0547 e. The fraction of sp³-hybridized carbons (Fsp3) is 0.263. The lowest BCUT2D eigenvalue weighted by Crippen LogP contribution is -2.53. The quantitative estimate of drug-likeness (QED) is 0.767. The van der Waals surface area contributed by atoms with Crippen LogP contribution < -0.4 is 16.3 Å². The van der Waals surface area contributed by atoms with Crippen LogP contribution in [0.5, 0.6) is 0 Å². The third kappa shape index (κ3) is 2.37. The van der Waals surface area contributed by atoms with Gasteiger partial charge in [-0.15, -0.1) is 0 Å². The van der Waals surface area contributed by atoms with Gasteiger partial charge >= 0.3 is 0 Å². The molecule has 4 rings (SSSR count). The van der Waals surface area contributed by atoms with Crippen LogP contribution in [0.3, 0.4) is 0 Å². The maximum atomic E-state index is 5.91. The molecule has 1 heterocycles. The maximum absolute atomic E-state index is 5.91. The van der Waals surface area contributed by atoms with E-state index < -0.39 is 0 Å². The number of benzene rings is 1. The summed E-state index contributed by atoms with van der Waals surface area (Å²) in [6.07, 6.45) is 13.3. The van der Waals surface area contributed by atoms with Crippen LogP contribution in [0, 0.1) is 0 Å². The highest BCUT2D eigenvalue weighted by molar-refractivity contribution is 5.78. The molecule has 0 aromatic heterocycles. The molecule has 1 saturated heterocycles. The monoisotopic (exact) mass is 291 g/mol. The fourth-order valence-electron chi connectivity index (χ4n) is 3.54. The number of nitrogens with zero attached hydrogens (tertiary/aromatic N) is 2. The van der Waals surface area contributed by atoms with E-state index in [9.17, 15) is 0 Å². The molecule has 22 heavy (non-hydrogen) atoms. The Balaban J connectivity index is 1.85. The Kier molecular flexibility index (Phi) is 3.54. The summed E-state index contributed by atoms with van der Waals surface area (Å²) in [5, 5.41) is 4.57. The molecule has 3 nitrogen and oxygen atoms in total. The Morgan fingerprint density at radius 3 is 2.64 bits per heavy atom. The molecule has 1 aromatic carbocycles. The van der Waals surface area contributed by atoms with E-state index >= 15 is 0 Å². The molecule has 3 aliphatic rings. The van der Waals surface area contributed by atoms with Crippen molar-refractivity contribution in [1.82, 2.24) is 9.91 Å². The summed E-state index contributed by atoms with van der Waals surface area (Å²) in [6.45, 7) is 3.89. The van der Waals surface area contributed by atoms with Crippen molar-refractivity contribution in [3.8, 4) is 0 Å². The van der Waals surface area contributed by atoms with Crippen LogP contribution in [0.25, 0.3) is 11.6 Å². The van der Waals surface area contributed by atoms with E-state index in [-0.39, 0.29) is 0 Å². The van der Waals surface area contributed by atoms with Gasteiger partial charge in [0.15, 0.2) is 0 Å². The highest BCUT2D eigenvalue weighted by Crippen LogP contribution is 2.26. The van der Waals surface area contributed by atoms with Gasteiger partial charge in [-0.1, -0.05) is 60.7 Å². The third-order valence-electron chi connectivity index (χ3n) is 4.72. The van der Waals surface area contributed by atoms with Gasteiger partial charge < -0.3 is 0 Å². The molecular weight excluding hydrogens is 270 g/mol. The van der Waals surface area contributed by atoms with Crippen LogP contribution in [0.2, 0.25) is 0 Å². The number of hydrazine groups is 1. The van der Waals surface area contributed by atoms with E-state index in [1.165, 1.54) is 21.6 Å². The standard InChI is InChI=1S/C19H21N3/c20-22-13-11-21(12-14-22)18-10-4-8-16-7-3-6-15-5-1-2-9-17(15)19(16)18/h1-10,18H,11-14,20H2. The van der Waals surface area contributed by atoms with E-state index in [4.69, 9.17) is 5.84 Å². The summed E-state index contributed by atoms with van der Waals surface area (Å²) in [5.74, 6) is 5.91. The molecule has 0 saturated carbocycles. The number of nitrogens with two attached hydrogens (primary N) is 1. The third-order valence-corrected chi connectivity index (χ3v) is 4.72. The summed E-state index contributed by atoms with van der Waals surface area (Å²) >= 11 is 0. The Hall–Kier alpha value is -1.94. The molecule has 0 bridgehead atoms. The predicted octanol–water partition coefficient (Wildman–Crippen LogP) is 0.544. The first-order valence-electron chi connectivity index (χ1n) is 7.93. The molecule has 1 atom stereocenters. The van der Waals surface area contributed by atoms with Gasteiger partial charge in [0.1, 0.15) is 0 Å². The zero-order chi connectivity index (χ0) is 14.9. The van der Waals surface area contributed by atoms with Gasteiger partial charge in [0.25, 0.3) is 0 Å². The SMILES string of the molecule is NN1CCN(C2C=CC=C3C=CC=c4ccccc4=C32)CC1. The average Bonchev–Trinajstić information content (AvgIpc) is 2.75. The highest BCUT2D eigenvalue weighted by Gasteiger charge is 2.27. The van der Waals surface area contributed by atoms with E-state index in [0.29, 0.717) is 6.04 Å². The fourth-order valence-corrected chi connectivity index (χ4v) is 3.54. The first kappa shape index (κ1) is 13.7. The highest BCUT2D eigenvalue weighted by atomic mass is 15.4. The van der Waals surface area contributed by atoms with Crippen molar-refractivity contribution in [3.63, 3.8) is 0 Å². The predicted molar refractivity (Wildman–Crippen MR) is 91.0 cm³/mol. The molecule has 0 spiro atoms. The summed E-state index contributed by atoms with van der Waals surface area (Å²) in [7, 11) is 0. The lowest BCUT2D eigenvalue weighted by molar-refractivity contribution is 0.128. The van der Waals surface area contributed by atoms with Crippen molar-refractivity contribution < 1.29 is 0 Å². The molecule has 1 aromatic rings. The van der Waals surface area contributed by atoms with Crippen molar-refractivity contribution in [3.05, 3.63) is 70.7 Å². The first-order valence-corrected chi connectivity index (χ1v) is 7.93. The van der Waals surface area contributed by atoms with Gasteiger partial charge in [-0.3, -0.25) is 10.7 Å². The zero-order valence-electron chi connectivity index (χ0n) is 12.7. The Morgan fingerprint density at radius 1 is 0.955 bits per heavy atom. The summed E-state index contributed by atoms with van der Waals surface area (Å²) in [6, 6.07) is 9.02. The molecule has 1 fully saturated rings. The van der Waals surface area contributed by atoms with Crippen molar-refractivity contribution in [2.75, 3.05) is 26.2 Å². The Bertz CT molecular complexity index is 777. The van der Waals surface area contributed by atoms with E-state index in [1.807, 2.05) is 5.01 Å². The molecule has 0 radical (unpaired) electrons. The second-order valence-electron chi connectivity index (χ2n) is 6.05. The smallest absolute Gasteiger partial charge is 0.0547 e. The van der Waals surface area contributed by atoms with Gasteiger partial charge in [0.05, 0.1) is 6.04 Å². The van der Waals surface area contributed by atoms with E-state index in [1.54, 1.807) is 0 Å². The minimum absolute atomic E-state index is 0.339. The van der Waals surface area contributed by atoms with Gasteiger partial charge in [0.2, 0.25) is 0 Å². The molecule has 2 N–H and O–H groups in total. The van der Waals surface area contributed by atoms with E-state index in [2.05, 4.69) is 65.6 Å². The Labute approximate surface area is 131 Å². The van der Waals surface area contributed by atoms with Gasteiger partial charge in [-0.2, -0.15) is 0 Å². The molecule has 2 aliphatic carbocycles. The summed E-state index contributed by atoms with van der Waals surface area (Å²) in [5.41, 5.74) is 2.75. The number of hydrogen-bond donors (Lipinski definition) is 1. The first-order chi connectivity index (χ1) is 10.8. The average molecular weight is 291 g/mol. The molecular formula is C19H21N3. The summed E-state index contributed by atoms with van der Waals surface area (Å²) in [4.78, 5) is 2.54. The second kappa shape index (κ2) is 5.69. The van der Waals surface area contributed by atoms with Crippen LogP contribution in [0.4, 0.5) is 0 Å². The number of rotatable bonds is 1. The minimum atomic E-state index is 0.339. The van der Waals surface area contributed by atoms with Crippen LogP contribution in [0.15, 0.2) is 60.2 Å². The largest absolute Gasteiger partial charge is 0.290 e. The van der Waals surface area contributed by atoms with Gasteiger partial charge in [0, 0.05) is 26.2 Å². The number of allylic oxidation sites excluding steroid dienone is 4.